The lowest BCUT2D eigenvalue weighted by Gasteiger charge is -2.07. The van der Waals surface area contributed by atoms with Crippen LogP contribution in [0.5, 0.6) is 0 Å². The standard InChI is InChI=1S/C21H17NOS/c1-15-7-5-6-10-19(15)20(22)21(23)16-11-13-18(14-12-16)24-17-8-3-2-4-9-17/h2-14,22H,1H3. The van der Waals surface area contributed by atoms with E-state index >= 15 is 0 Å². The van der Waals surface area contributed by atoms with E-state index in [0.29, 0.717) is 11.1 Å². The third-order valence-electron chi connectivity index (χ3n) is 3.74. The number of benzene rings is 3. The molecule has 3 aromatic carbocycles. The smallest absolute Gasteiger partial charge is 0.211 e. The third-order valence-corrected chi connectivity index (χ3v) is 4.75. The minimum absolute atomic E-state index is 0.0385. The Kier molecular flexibility index (Phi) is 4.92. The van der Waals surface area contributed by atoms with Gasteiger partial charge in [0.25, 0.3) is 0 Å². The molecule has 0 fully saturated rings. The summed E-state index contributed by atoms with van der Waals surface area (Å²) in [5, 5.41) is 8.19. The maximum atomic E-state index is 12.5. The van der Waals surface area contributed by atoms with Gasteiger partial charge in [0.2, 0.25) is 5.78 Å². The lowest BCUT2D eigenvalue weighted by atomic mass is 9.97. The first-order valence-corrected chi connectivity index (χ1v) is 8.49. The van der Waals surface area contributed by atoms with Gasteiger partial charge >= 0.3 is 0 Å². The van der Waals surface area contributed by atoms with Gasteiger partial charge in [-0.25, -0.2) is 0 Å². The van der Waals surface area contributed by atoms with Crippen molar-refractivity contribution in [2.75, 3.05) is 0 Å². The molecular weight excluding hydrogens is 314 g/mol. The molecule has 0 aliphatic rings. The Morgan fingerprint density at radius 1 is 0.792 bits per heavy atom. The molecule has 24 heavy (non-hydrogen) atoms. The molecule has 0 aliphatic carbocycles. The van der Waals surface area contributed by atoms with E-state index in [9.17, 15) is 4.79 Å². The lowest BCUT2D eigenvalue weighted by Crippen LogP contribution is -2.15. The molecule has 0 heterocycles. The molecule has 0 amide bonds. The zero-order valence-electron chi connectivity index (χ0n) is 13.3. The van der Waals surface area contributed by atoms with Gasteiger partial charge in [-0.15, -0.1) is 0 Å². The Morgan fingerprint density at radius 3 is 2.04 bits per heavy atom. The summed E-state index contributed by atoms with van der Waals surface area (Å²) in [5.41, 5.74) is 2.20. The molecule has 2 nitrogen and oxygen atoms in total. The molecule has 3 rings (SSSR count). The Labute approximate surface area is 146 Å². The summed E-state index contributed by atoms with van der Waals surface area (Å²) in [6.07, 6.45) is 0. The summed E-state index contributed by atoms with van der Waals surface area (Å²) in [6, 6.07) is 25.0. The van der Waals surface area contributed by atoms with E-state index in [2.05, 4.69) is 12.1 Å². The van der Waals surface area contributed by atoms with Gasteiger partial charge in [0.15, 0.2) is 0 Å². The van der Waals surface area contributed by atoms with Crippen LogP contribution in [0.3, 0.4) is 0 Å². The van der Waals surface area contributed by atoms with Gasteiger partial charge < -0.3 is 0 Å². The first-order chi connectivity index (χ1) is 11.6. The van der Waals surface area contributed by atoms with Crippen molar-refractivity contribution < 1.29 is 4.79 Å². The monoisotopic (exact) mass is 331 g/mol. The number of hydrogen-bond donors (Lipinski definition) is 1. The SMILES string of the molecule is Cc1ccccc1C(=N)C(=O)c1ccc(Sc2ccccc2)cc1. The van der Waals surface area contributed by atoms with E-state index in [-0.39, 0.29) is 11.5 Å². The minimum atomic E-state index is -0.249. The van der Waals surface area contributed by atoms with Crippen LogP contribution < -0.4 is 0 Å². The zero-order valence-corrected chi connectivity index (χ0v) is 14.1. The van der Waals surface area contributed by atoms with E-state index < -0.39 is 0 Å². The predicted molar refractivity (Wildman–Crippen MR) is 99.3 cm³/mol. The average Bonchev–Trinajstić information content (AvgIpc) is 2.62. The number of nitrogens with one attached hydrogen (secondary N) is 1. The van der Waals surface area contributed by atoms with Gasteiger partial charge in [0, 0.05) is 20.9 Å². The molecule has 1 N–H and O–H groups in total. The molecule has 0 spiro atoms. The van der Waals surface area contributed by atoms with Crippen molar-refractivity contribution in [3.8, 4) is 0 Å². The van der Waals surface area contributed by atoms with Crippen LogP contribution in [0.15, 0.2) is 88.7 Å². The molecule has 0 atom stereocenters. The quantitative estimate of drug-likeness (QED) is 0.502. The number of Topliss-reactive ketones (excluding diaryl/α,β-unsaturated/α-hetero) is 1. The second kappa shape index (κ2) is 7.28. The largest absolute Gasteiger partial charge is 0.296 e. The maximum Gasteiger partial charge on any atom is 0.211 e. The van der Waals surface area contributed by atoms with Gasteiger partial charge in [-0.2, -0.15) is 0 Å². The second-order valence-corrected chi connectivity index (χ2v) is 6.61. The molecular formula is C21H17NOS. The summed E-state index contributed by atoms with van der Waals surface area (Å²) < 4.78 is 0. The Bertz CT molecular complexity index is 870. The molecule has 3 aromatic rings. The molecule has 0 unspecified atom stereocenters. The van der Waals surface area contributed by atoms with Crippen LogP contribution in [-0.4, -0.2) is 11.5 Å². The maximum absolute atomic E-state index is 12.5. The molecule has 0 saturated carbocycles. The molecule has 118 valence electrons. The predicted octanol–water partition coefficient (Wildman–Crippen LogP) is 5.40. The summed E-state index contributed by atoms with van der Waals surface area (Å²) >= 11 is 1.65. The van der Waals surface area contributed by atoms with Gasteiger partial charge in [0.1, 0.15) is 5.71 Å². The molecule has 3 heteroatoms. The van der Waals surface area contributed by atoms with Crippen LogP contribution in [0, 0.1) is 12.3 Å². The number of rotatable bonds is 5. The summed E-state index contributed by atoms with van der Waals surface area (Å²) in [5.74, 6) is -0.249. The highest BCUT2D eigenvalue weighted by atomic mass is 32.2. The summed E-state index contributed by atoms with van der Waals surface area (Å²) in [4.78, 5) is 14.8. The Balaban J connectivity index is 1.77. The van der Waals surface area contributed by atoms with Crippen molar-refractivity contribution in [2.24, 2.45) is 0 Å². The highest BCUT2D eigenvalue weighted by Crippen LogP contribution is 2.27. The molecule has 0 aromatic heterocycles. The van der Waals surface area contributed by atoms with Gasteiger partial charge in [0.05, 0.1) is 0 Å². The highest BCUT2D eigenvalue weighted by molar-refractivity contribution is 7.99. The van der Waals surface area contributed by atoms with Crippen molar-refractivity contribution in [2.45, 2.75) is 16.7 Å². The van der Waals surface area contributed by atoms with Crippen LogP contribution in [0.4, 0.5) is 0 Å². The van der Waals surface area contributed by atoms with Crippen LogP contribution in [-0.2, 0) is 0 Å². The molecule has 0 saturated heterocycles. The number of carbonyl (C=O) groups excluding carboxylic acids is 1. The van der Waals surface area contributed by atoms with Crippen molar-refractivity contribution in [3.05, 3.63) is 95.6 Å². The van der Waals surface area contributed by atoms with Gasteiger partial charge in [-0.05, 0) is 48.9 Å². The first kappa shape index (κ1) is 16.2. The third kappa shape index (κ3) is 3.63. The number of carbonyl (C=O) groups is 1. The van der Waals surface area contributed by atoms with E-state index in [4.69, 9.17) is 5.41 Å². The molecule has 0 bridgehead atoms. The fraction of sp³-hybridized carbons (Fsp3) is 0.0476. The summed E-state index contributed by atoms with van der Waals surface area (Å²) in [6.45, 7) is 1.91. The van der Waals surface area contributed by atoms with E-state index in [1.165, 1.54) is 0 Å². The minimum Gasteiger partial charge on any atom is -0.296 e. The van der Waals surface area contributed by atoms with Crippen molar-refractivity contribution in [1.29, 1.82) is 5.41 Å². The number of aryl methyl sites for hydroxylation is 1. The van der Waals surface area contributed by atoms with Crippen LogP contribution in [0.25, 0.3) is 0 Å². The fourth-order valence-electron chi connectivity index (χ4n) is 2.42. The van der Waals surface area contributed by atoms with E-state index in [1.807, 2.05) is 61.5 Å². The van der Waals surface area contributed by atoms with Crippen LogP contribution in [0.1, 0.15) is 21.5 Å². The van der Waals surface area contributed by atoms with Crippen molar-refractivity contribution in [3.63, 3.8) is 0 Å². The van der Waals surface area contributed by atoms with Crippen molar-refractivity contribution >= 4 is 23.3 Å². The number of ketones is 1. The zero-order chi connectivity index (χ0) is 16.9. The second-order valence-electron chi connectivity index (χ2n) is 5.46. The van der Waals surface area contributed by atoms with Crippen molar-refractivity contribution in [1.82, 2.24) is 0 Å². The van der Waals surface area contributed by atoms with Gasteiger partial charge in [-0.1, -0.05) is 54.2 Å². The Morgan fingerprint density at radius 2 is 1.38 bits per heavy atom. The fourth-order valence-corrected chi connectivity index (χ4v) is 3.26. The topological polar surface area (TPSA) is 40.9 Å². The number of hydrogen-bond acceptors (Lipinski definition) is 3. The van der Waals surface area contributed by atoms with Crippen LogP contribution >= 0.6 is 11.8 Å². The average molecular weight is 331 g/mol. The lowest BCUT2D eigenvalue weighted by molar-refractivity contribution is 0.106. The molecule has 0 aliphatic heterocycles. The normalized spacial score (nSPS) is 10.4. The van der Waals surface area contributed by atoms with Crippen LogP contribution in [0.2, 0.25) is 0 Å². The van der Waals surface area contributed by atoms with E-state index in [1.54, 1.807) is 23.9 Å². The van der Waals surface area contributed by atoms with E-state index in [0.717, 1.165) is 15.4 Å². The van der Waals surface area contributed by atoms with Gasteiger partial charge in [-0.3, -0.25) is 10.2 Å². The first-order valence-electron chi connectivity index (χ1n) is 7.67. The summed E-state index contributed by atoms with van der Waals surface area (Å²) in [7, 11) is 0. The highest BCUT2D eigenvalue weighted by Gasteiger charge is 2.15. The Hall–Kier alpha value is -2.65. The molecule has 0 radical (unpaired) electrons.